The molecule has 5 heteroatoms. The zero-order valence-electron chi connectivity index (χ0n) is 23.3. The lowest BCUT2D eigenvalue weighted by Crippen LogP contribution is -2.69. The highest BCUT2D eigenvalue weighted by Crippen LogP contribution is 2.75. The summed E-state index contributed by atoms with van der Waals surface area (Å²) >= 11 is 0. The number of ketones is 2. The van der Waals surface area contributed by atoms with E-state index in [2.05, 4.69) is 40.7 Å². The van der Waals surface area contributed by atoms with E-state index in [4.69, 9.17) is 5.73 Å². The summed E-state index contributed by atoms with van der Waals surface area (Å²) in [5.41, 5.74) is 4.50. The van der Waals surface area contributed by atoms with E-state index in [0.29, 0.717) is 6.42 Å². The maximum absolute atomic E-state index is 14.4. The molecule has 8 atom stereocenters. The van der Waals surface area contributed by atoms with Gasteiger partial charge >= 0.3 is 0 Å². The van der Waals surface area contributed by atoms with Gasteiger partial charge in [0.2, 0.25) is 5.91 Å². The van der Waals surface area contributed by atoms with Crippen LogP contribution in [0.15, 0.2) is 11.6 Å². The zero-order chi connectivity index (χ0) is 26.7. The minimum absolute atomic E-state index is 0.0112. The molecule has 1 amide bonds. The summed E-state index contributed by atoms with van der Waals surface area (Å²) in [4.78, 5) is 40.6. The van der Waals surface area contributed by atoms with Crippen LogP contribution in [0.5, 0.6) is 0 Å². The van der Waals surface area contributed by atoms with E-state index in [1.54, 1.807) is 0 Å². The van der Waals surface area contributed by atoms with Gasteiger partial charge in [0.15, 0.2) is 5.78 Å². The average Bonchev–Trinajstić information content (AvgIpc) is 2.77. The Morgan fingerprint density at radius 2 is 1.58 bits per heavy atom. The molecule has 0 bridgehead atoms. The van der Waals surface area contributed by atoms with E-state index < -0.39 is 16.2 Å². The number of nitrogens with zero attached hydrogens (tertiary/aromatic N) is 1. The van der Waals surface area contributed by atoms with Crippen LogP contribution < -0.4 is 5.73 Å². The lowest BCUT2D eigenvalue weighted by molar-refractivity contribution is -0.221. The van der Waals surface area contributed by atoms with Crippen molar-refractivity contribution >= 4 is 17.5 Å². The highest BCUT2D eigenvalue weighted by atomic mass is 16.1. The summed E-state index contributed by atoms with van der Waals surface area (Å²) < 4.78 is 0. The maximum Gasteiger partial charge on any atom is 0.223 e. The fourth-order valence-electron chi connectivity index (χ4n) is 10.7. The smallest absolute Gasteiger partial charge is 0.223 e. The molecule has 0 aromatic rings. The molecule has 4 saturated carbocycles. The Labute approximate surface area is 216 Å². The third-order valence-electron chi connectivity index (χ3n) is 13.0. The molecule has 2 N–H and O–H groups in total. The van der Waals surface area contributed by atoms with Crippen molar-refractivity contribution in [1.82, 2.24) is 0 Å². The van der Waals surface area contributed by atoms with Crippen molar-refractivity contribution in [2.75, 3.05) is 0 Å². The minimum atomic E-state index is -0.627. The Kier molecular flexibility index (Phi) is 5.23. The van der Waals surface area contributed by atoms with Gasteiger partial charge in [0.1, 0.15) is 11.9 Å². The topological polar surface area (TPSA) is 101 Å². The fraction of sp³-hybridized carbons (Fsp3) is 0.806. The van der Waals surface area contributed by atoms with Gasteiger partial charge in [-0.3, -0.25) is 14.4 Å². The highest BCUT2D eigenvalue weighted by molar-refractivity contribution is 6.04. The third kappa shape index (κ3) is 2.91. The zero-order valence-corrected chi connectivity index (χ0v) is 23.3. The van der Waals surface area contributed by atoms with Crippen molar-refractivity contribution in [3.8, 4) is 6.07 Å². The largest absolute Gasteiger partial charge is 0.369 e. The van der Waals surface area contributed by atoms with E-state index in [0.717, 1.165) is 44.9 Å². The van der Waals surface area contributed by atoms with Crippen molar-refractivity contribution in [2.45, 2.75) is 99.8 Å². The lowest BCUT2D eigenvalue weighted by Gasteiger charge is -2.71. The summed E-state index contributed by atoms with van der Waals surface area (Å²) in [5, 5.41) is 9.86. The summed E-state index contributed by atoms with van der Waals surface area (Å²) in [6.07, 6.45) is 8.47. The summed E-state index contributed by atoms with van der Waals surface area (Å²) in [5.74, 6) is -0.0178. The predicted molar refractivity (Wildman–Crippen MR) is 138 cm³/mol. The number of carbonyl (C=O) groups excluding carboxylic acids is 3. The summed E-state index contributed by atoms with van der Waals surface area (Å²) in [6, 6.07) is 2.19. The Morgan fingerprint density at radius 1 is 0.944 bits per heavy atom. The molecule has 0 aromatic heterocycles. The van der Waals surface area contributed by atoms with Crippen molar-refractivity contribution in [3.05, 3.63) is 11.6 Å². The number of fused-ring (bicyclic) bond motifs is 7. The number of rotatable bonds is 1. The number of Topliss-reactive ketones (excluding diaryl/α,β-unsaturated/α-hetero) is 2. The molecular formula is C31H44N2O3. The van der Waals surface area contributed by atoms with Gasteiger partial charge in [-0.1, -0.05) is 54.5 Å². The van der Waals surface area contributed by atoms with Gasteiger partial charge in [0.05, 0.1) is 11.0 Å². The fourth-order valence-corrected chi connectivity index (χ4v) is 10.7. The molecule has 5 nitrogen and oxygen atoms in total. The molecule has 4 fully saturated rings. The molecule has 0 heterocycles. The van der Waals surface area contributed by atoms with Crippen LogP contribution in [0, 0.1) is 67.5 Å². The molecule has 0 aromatic carbocycles. The van der Waals surface area contributed by atoms with Gasteiger partial charge < -0.3 is 5.73 Å². The number of carbonyl (C=O) groups is 3. The van der Waals surface area contributed by atoms with Crippen LogP contribution in [-0.4, -0.2) is 17.5 Å². The normalized spacial score (nSPS) is 48.9. The molecule has 5 rings (SSSR count). The Hall–Kier alpha value is -1.96. The minimum Gasteiger partial charge on any atom is -0.369 e. The van der Waals surface area contributed by atoms with Gasteiger partial charge in [-0.05, 0) is 84.4 Å². The summed E-state index contributed by atoms with van der Waals surface area (Å²) in [7, 11) is 0. The Bertz CT molecular complexity index is 1130. The van der Waals surface area contributed by atoms with Crippen molar-refractivity contribution < 1.29 is 14.4 Å². The Balaban J connectivity index is 1.65. The van der Waals surface area contributed by atoms with Crippen LogP contribution in [-0.2, 0) is 14.4 Å². The van der Waals surface area contributed by atoms with E-state index in [1.165, 1.54) is 0 Å². The van der Waals surface area contributed by atoms with E-state index in [-0.39, 0.29) is 63.0 Å². The quantitative estimate of drug-likeness (QED) is 0.502. The van der Waals surface area contributed by atoms with Gasteiger partial charge in [0, 0.05) is 17.8 Å². The molecule has 0 spiro atoms. The molecular weight excluding hydrogens is 448 g/mol. The molecule has 0 aliphatic heterocycles. The van der Waals surface area contributed by atoms with Crippen molar-refractivity contribution in [2.24, 2.45) is 61.9 Å². The SMILES string of the molecule is CC1(C)CC[C@]2(C(N)=O)CC[C@]3(C)C(C(=O)CC4[C@@]5(C)C=C(C#N)C(=O)C(C)(C)C5CC[C@]43C)C2C1. The predicted octanol–water partition coefficient (Wildman–Crippen LogP) is 5.77. The second-order valence-corrected chi connectivity index (χ2v) is 15.2. The second-order valence-electron chi connectivity index (χ2n) is 15.2. The molecule has 0 saturated heterocycles. The van der Waals surface area contributed by atoms with Gasteiger partial charge in [-0.25, -0.2) is 0 Å². The number of primary amides is 1. The van der Waals surface area contributed by atoms with Crippen LogP contribution in [0.25, 0.3) is 0 Å². The molecule has 0 radical (unpaired) electrons. The molecule has 4 unspecified atom stereocenters. The standard InChI is InChI=1S/C31H44N2O3/c1-26(2)10-12-31(25(33)36)13-11-30(7)23(19(31)16-26)20(34)14-22-28(5)15-18(17-32)24(35)27(3,4)21(28)8-9-29(22,30)6/h15,19,21-23H,8-14,16H2,1-7H3,(H2,33,36)/t19?,21?,22?,23?,28-,29+,30+,31-/m0/s1. The lowest BCUT2D eigenvalue weighted by atomic mass is 9.31. The monoisotopic (exact) mass is 492 g/mol. The first-order chi connectivity index (χ1) is 16.5. The number of allylic oxidation sites excluding steroid dienone is 2. The molecule has 36 heavy (non-hydrogen) atoms. The van der Waals surface area contributed by atoms with Gasteiger partial charge in [-0.15, -0.1) is 0 Å². The van der Waals surface area contributed by atoms with Crippen LogP contribution in [0.1, 0.15) is 99.8 Å². The van der Waals surface area contributed by atoms with Gasteiger partial charge in [-0.2, -0.15) is 5.26 Å². The van der Waals surface area contributed by atoms with Crippen LogP contribution in [0.4, 0.5) is 0 Å². The van der Waals surface area contributed by atoms with Crippen LogP contribution >= 0.6 is 0 Å². The first-order valence-electron chi connectivity index (χ1n) is 14.0. The Morgan fingerprint density at radius 3 is 2.19 bits per heavy atom. The van der Waals surface area contributed by atoms with Crippen molar-refractivity contribution in [3.63, 3.8) is 0 Å². The number of nitrogens with two attached hydrogens (primary N) is 1. The number of nitriles is 1. The van der Waals surface area contributed by atoms with E-state index in [1.807, 2.05) is 19.9 Å². The highest BCUT2D eigenvalue weighted by Gasteiger charge is 2.72. The summed E-state index contributed by atoms with van der Waals surface area (Å²) in [6.45, 7) is 15.4. The third-order valence-corrected chi connectivity index (χ3v) is 13.0. The maximum atomic E-state index is 14.4. The first kappa shape index (κ1) is 25.7. The first-order valence-corrected chi connectivity index (χ1v) is 14.0. The van der Waals surface area contributed by atoms with Crippen LogP contribution in [0.2, 0.25) is 0 Å². The number of hydrogen-bond donors (Lipinski definition) is 1. The second kappa shape index (κ2) is 7.33. The molecule has 5 aliphatic rings. The number of amides is 1. The van der Waals surface area contributed by atoms with E-state index in [9.17, 15) is 19.6 Å². The number of hydrogen-bond acceptors (Lipinski definition) is 4. The van der Waals surface area contributed by atoms with Gasteiger partial charge in [0.25, 0.3) is 0 Å². The van der Waals surface area contributed by atoms with Crippen LogP contribution in [0.3, 0.4) is 0 Å². The van der Waals surface area contributed by atoms with Crippen molar-refractivity contribution in [1.29, 1.82) is 5.26 Å². The molecule has 196 valence electrons. The molecule has 5 aliphatic carbocycles. The average molecular weight is 493 g/mol. The van der Waals surface area contributed by atoms with E-state index >= 15 is 0 Å².